The first-order valence-electron chi connectivity index (χ1n) is 18.6. The Bertz CT molecular complexity index is 2170. The summed E-state index contributed by atoms with van der Waals surface area (Å²) in [7, 11) is 3.26. The third-order valence-corrected chi connectivity index (χ3v) is 10.3. The molecule has 1 unspecified atom stereocenters. The predicted octanol–water partition coefficient (Wildman–Crippen LogP) is 6.27. The molecule has 56 heavy (non-hydrogen) atoms. The molecule has 288 valence electrons. The third-order valence-electron chi connectivity index (χ3n) is 10.3. The summed E-state index contributed by atoms with van der Waals surface area (Å²) in [6.45, 7) is 0.510. The standard InChI is InChI=1S/C43H43N5O8/c1-51-32-20-16-30(17-21-32)43(29-13-7-4-8-14-29,31-18-22-33(52-2)23-19-31)54-25-34-37(49)38(56-35-15-9-10-24-53-35)42(55-34)48-27-46-36-39(44-26-45-40(36)48)47-41(50)28-11-5-3-6-12-28/h3-8,11-14,16-23,26-27,34-35,37-38,42,49H,9-10,15,24-25H2,1-2H3,(H,44,45,47,50)/t34-,35?,37-,38-,42-/m1/s1. The number of rotatable bonds is 13. The Labute approximate surface area is 324 Å². The van der Waals surface area contributed by atoms with Crippen molar-refractivity contribution < 1.29 is 38.3 Å². The van der Waals surface area contributed by atoms with Gasteiger partial charge in [-0.2, -0.15) is 0 Å². The van der Waals surface area contributed by atoms with Crippen LogP contribution in [0, 0.1) is 0 Å². The Morgan fingerprint density at radius 3 is 2.11 bits per heavy atom. The van der Waals surface area contributed by atoms with Crippen LogP contribution in [-0.4, -0.2) is 82.6 Å². The summed E-state index contributed by atoms with van der Waals surface area (Å²) in [5.74, 6) is 1.30. The van der Waals surface area contributed by atoms with Crippen molar-refractivity contribution in [3.63, 3.8) is 0 Å². The lowest BCUT2D eigenvalue weighted by molar-refractivity contribution is -0.215. The van der Waals surface area contributed by atoms with Crippen LogP contribution >= 0.6 is 0 Å². The molecule has 2 aliphatic rings. The molecular formula is C43H43N5O8. The molecule has 8 rings (SSSR count). The molecule has 0 radical (unpaired) electrons. The maximum atomic E-state index is 13.1. The number of nitrogens with zero attached hydrogens (tertiary/aromatic N) is 4. The minimum atomic E-state index is -1.15. The summed E-state index contributed by atoms with van der Waals surface area (Å²) < 4.78 is 39.1. The van der Waals surface area contributed by atoms with E-state index < -0.39 is 36.4 Å². The second-order valence-electron chi connectivity index (χ2n) is 13.6. The van der Waals surface area contributed by atoms with Crippen LogP contribution in [0.3, 0.4) is 0 Å². The average Bonchev–Trinajstić information content (AvgIpc) is 3.83. The van der Waals surface area contributed by atoms with Gasteiger partial charge in [-0.15, -0.1) is 0 Å². The quantitative estimate of drug-likeness (QED) is 0.128. The van der Waals surface area contributed by atoms with Gasteiger partial charge in [0.1, 0.15) is 41.7 Å². The van der Waals surface area contributed by atoms with Gasteiger partial charge in [-0.3, -0.25) is 9.36 Å². The van der Waals surface area contributed by atoms with Crippen LogP contribution in [0.15, 0.2) is 122 Å². The highest BCUT2D eigenvalue weighted by atomic mass is 16.7. The van der Waals surface area contributed by atoms with Crippen molar-refractivity contribution in [2.45, 2.75) is 55.7 Å². The smallest absolute Gasteiger partial charge is 0.256 e. The van der Waals surface area contributed by atoms with Crippen LogP contribution in [0.4, 0.5) is 5.82 Å². The number of aliphatic hydroxyl groups is 1. The number of hydrogen-bond donors (Lipinski definition) is 2. The Balaban J connectivity index is 1.15. The molecule has 2 N–H and O–H groups in total. The summed E-state index contributed by atoms with van der Waals surface area (Å²) in [6.07, 6.45) is 1.09. The van der Waals surface area contributed by atoms with E-state index in [9.17, 15) is 9.90 Å². The number of imidazole rings is 1. The van der Waals surface area contributed by atoms with Crippen LogP contribution in [0.2, 0.25) is 0 Å². The number of aromatic nitrogens is 4. The van der Waals surface area contributed by atoms with E-state index in [4.69, 9.17) is 28.4 Å². The van der Waals surface area contributed by atoms with E-state index in [-0.39, 0.29) is 18.3 Å². The van der Waals surface area contributed by atoms with Gasteiger partial charge in [0.25, 0.3) is 5.91 Å². The molecule has 2 aromatic heterocycles. The molecule has 4 aromatic carbocycles. The fourth-order valence-electron chi connectivity index (χ4n) is 7.40. The van der Waals surface area contributed by atoms with Crippen molar-refractivity contribution in [2.75, 3.05) is 32.8 Å². The number of amides is 1. The Morgan fingerprint density at radius 2 is 1.48 bits per heavy atom. The van der Waals surface area contributed by atoms with Gasteiger partial charge in [-0.05, 0) is 72.4 Å². The van der Waals surface area contributed by atoms with Crippen molar-refractivity contribution in [1.29, 1.82) is 0 Å². The maximum Gasteiger partial charge on any atom is 0.256 e. The lowest BCUT2D eigenvalue weighted by atomic mass is 9.80. The molecule has 0 bridgehead atoms. The summed E-state index contributed by atoms with van der Waals surface area (Å²) in [6, 6.07) is 34.2. The van der Waals surface area contributed by atoms with Crippen molar-refractivity contribution in [2.24, 2.45) is 0 Å². The first-order valence-corrected chi connectivity index (χ1v) is 18.6. The maximum absolute atomic E-state index is 13.1. The van der Waals surface area contributed by atoms with E-state index in [0.29, 0.717) is 41.3 Å². The summed E-state index contributed by atoms with van der Waals surface area (Å²) in [4.78, 5) is 26.5. The zero-order valence-electron chi connectivity index (χ0n) is 31.1. The van der Waals surface area contributed by atoms with Gasteiger partial charge in [0.2, 0.25) is 0 Å². The number of carbonyl (C=O) groups excluding carboxylic acids is 1. The Hall–Kier alpha value is -5.70. The largest absolute Gasteiger partial charge is 0.497 e. The number of hydrogen-bond acceptors (Lipinski definition) is 11. The highest BCUT2D eigenvalue weighted by Gasteiger charge is 2.49. The van der Waals surface area contributed by atoms with Crippen molar-refractivity contribution in [3.8, 4) is 11.5 Å². The van der Waals surface area contributed by atoms with Gasteiger partial charge in [0.05, 0.1) is 27.2 Å². The summed E-state index contributed by atoms with van der Waals surface area (Å²) in [5, 5.41) is 15.0. The van der Waals surface area contributed by atoms with Gasteiger partial charge in [-0.25, -0.2) is 15.0 Å². The van der Waals surface area contributed by atoms with E-state index in [0.717, 1.165) is 29.5 Å². The normalized spacial score (nSPS) is 21.2. The number of nitrogens with one attached hydrogen (secondary N) is 1. The molecule has 0 saturated carbocycles. The van der Waals surface area contributed by atoms with Crippen molar-refractivity contribution in [1.82, 2.24) is 19.5 Å². The molecule has 6 aromatic rings. The molecule has 2 fully saturated rings. The Morgan fingerprint density at radius 1 is 0.839 bits per heavy atom. The minimum Gasteiger partial charge on any atom is -0.497 e. The zero-order chi connectivity index (χ0) is 38.5. The summed E-state index contributed by atoms with van der Waals surface area (Å²) >= 11 is 0. The van der Waals surface area contributed by atoms with Crippen LogP contribution in [0.25, 0.3) is 11.2 Å². The molecule has 4 heterocycles. The molecule has 0 spiro atoms. The van der Waals surface area contributed by atoms with Crippen LogP contribution in [0.1, 0.15) is 52.5 Å². The monoisotopic (exact) mass is 757 g/mol. The fraction of sp³-hybridized carbons (Fsp3) is 0.302. The first-order chi connectivity index (χ1) is 27.5. The number of anilines is 1. The predicted molar refractivity (Wildman–Crippen MR) is 206 cm³/mol. The van der Waals surface area contributed by atoms with E-state index in [1.54, 1.807) is 49.4 Å². The van der Waals surface area contributed by atoms with Gasteiger partial charge < -0.3 is 38.8 Å². The van der Waals surface area contributed by atoms with Gasteiger partial charge in [-0.1, -0.05) is 72.8 Å². The lowest BCUT2D eigenvalue weighted by Gasteiger charge is -2.37. The Kier molecular flexibility index (Phi) is 11.0. The molecular weight excluding hydrogens is 714 g/mol. The van der Waals surface area contributed by atoms with E-state index in [1.165, 1.54) is 6.33 Å². The minimum absolute atomic E-state index is 0.0456. The van der Waals surface area contributed by atoms with E-state index in [2.05, 4.69) is 20.3 Å². The topological polar surface area (TPSA) is 148 Å². The van der Waals surface area contributed by atoms with Crippen molar-refractivity contribution >= 4 is 22.9 Å². The molecule has 2 aliphatic heterocycles. The van der Waals surface area contributed by atoms with Gasteiger partial charge >= 0.3 is 0 Å². The molecule has 13 nitrogen and oxygen atoms in total. The van der Waals surface area contributed by atoms with E-state index >= 15 is 0 Å². The molecule has 13 heteroatoms. The van der Waals surface area contributed by atoms with Crippen LogP contribution in [0.5, 0.6) is 11.5 Å². The van der Waals surface area contributed by atoms with E-state index in [1.807, 2.05) is 84.9 Å². The number of carbonyl (C=O) groups is 1. The average molecular weight is 758 g/mol. The highest BCUT2D eigenvalue weighted by molar-refractivity contribution is 6.06. The highest BCUT2D eigenvalue weighted by Crippen LogP contribution is 2.43. The van der Waals surface area contributed by atoms with Crippen LogP contribution in [-0.2, 0) is 24.5 Å². The molecule has 5 atom stereocenters. The molecule has 2 saturated heterocycles. The first kappa shape index (κ1) is 37.2. The zero-order valence-corrected chi connectivity index (χ0v) is 31.1. The summed E-state index contributed by atoms with van der Waals surface area (Å²) in [5.41, 5.74) is 2.60. The SMILES string of the molecule is COc1ccc(C(OC[C@H]2O[C@@H](n3cnc4c(NC(=O)c5ccccc5)ncnc43)[C@H](OC3CCCCO3)[C@@H]2O)(c2ccccc2)c2ccc(OC)cc2)cc1. The molecule has 1 amide bonds. The lowest BCUT2D eigenvalue weighted by Crippen LogP contribution is -2.42. The van der Waals surface area contributed by atoms with Gasteiger partial charge in [0, 0.05) is 12.2 Å². The number of aliphatic hydroxyl groups excluding tert-OH is 1. The van der Waals surface area contributed by atoms with Crippen molar-refractivity contribution in [3.05, 3.63) is 144 Å². The molecule has 0 aliphatic carbocycles. The van der Waals surface area contributed by atoms with Gasteiger partial charge in [0.15, 0.2) is 29.5 Å². The second-order valence-corrected chi connectivity index (χ2v) is 13.6. The number of methoxy groups -OCH3 is 2. The fourth-order valence-corrected chi connectivity index (χ4v) is 7.40. The third kappa shape index (κ3) is 7.34. The number of benzene rings is 4. The second kappa shape index (κ2) is 16.6. The number of ether oxygens (including phenoxy) is 6. The number of fused-ring (bicyclic) bond motifs is 1. The van der Waals surface area contributed by atoms with Crippen LogP contribution < -0.4 is 14.8 Å².